The van der Waals surface area contributed by atoms with Crippen molar-refractivity contribution in [2.75, 3.05) is 6.54 Å². The Morgan fingerprint density at radius 1 is 1.38 bits per heavy atom. The lowest BCUT2D eigenvalue weighted by atomic mass is 10.2. The zero-order valence-electron chi connectivity index (χ0n) is 10.5. The van der Waals surface area contributed by atoms with E-state index in [0.29, 0.717) is 0 Å². The number of unbranched alkanes of at least 4 members (excludes halogenated alkanes) is 3. The topological polar surface area (TPSA) is 34.0 Å². The van der Waals surface area contributed by atoms with E-state index in [0.717, 1.165) is 24.2 Å². The van der Waals surface area contributed by atoms with Crippen LogP contribution in [0, 0.1) is 6.92 Å². The minimum Gasteiger partial charge on any atom is -0.354 e. The van der Waals surface area contributed by atoms with Crippen LogP contribution in [0.4, 0.5) is 0 Å². The molecule has 1 heterocycles. The molecule has 0 aromatic carbocycles. The van der Waals surface area contributed by atoms with Crippen LogP contribution in [-0.4, -0.2) is 17.0 Å². The molecule has 0 aliphatic carbocycles. The van der Waals surface area contributed by atoms with E-state index in [1.54, 1.807) is 0 Å². The predicted octanol–water partition coefficient (Wildman–Crippen LogP) is 2.64. The van der Waals surface area contributed by atoms with E-state index >= 15 is 0 Å². The molecule has 1 amide bonds. The molecule has 1 rings (SSSR count). The van der Waals surface area contributed by atoms with Gasteiger partial charge in [0.2, 0.25) is 0 Å². The zero-order chi connectivity index (χ0) is 12.0. The minimum absolute atomic E-state index is 0.0506. The van der Waals surface area contributed by atoms with Crippen molar-refractivity contribution >= 4 is 5.91 Å². The van der Waals surface area contributed by atoms with Gasteiger partial charge >= 0.3 is 0 Å². The average molecular weight is 222 g/mol. The van der Waals surface area contributed by atoms with Crippen molar-refractivity contribution in [2.45, 2.75) is 39.5 Å². The molecule has 1 N–H and O–H groups in total. The maximum atomic E-state index is 11.8. The number of rotatable bonds is 6. The summed E-state index contributed by atoms with van der Waals surface area (Å²) < 4.78 is 1.96. The molecule has 0 bridgehead atoms. The summed E-state index contributed by atoms with van der Waals surface area (Å²) in [6.07, 6.45) is 6.67. The van der Waals surface area contributed by atoms with Gasteiger partial charge in [0.25, 0.3) is 5.91 Å². The molecular weight excluding hydrogens is 200 g/mol. The molecule has 0 spiro atoms. The third kappa shape index (κ3) is 3.40. The normalized spacial score (nSPS) is 10.4. The van der Waals surface area contributed by atoms with Gasteiger partial charge in [-0.3, -0.25) is 4.79 Å². The fourth-order valence-electron chi connectivity index (χ4n) is 1.70. The van der Waals surface area contributed by atoms with Gasteiger partial charge in [0.05, 0.1) is 5.56 Å². The first-order valence-electron chi connectivity index (χ1n) is 6.07. The largest absolute Gasteiger partial charge is 0.354 e. The SMILES string of the molecule is CCCCCCNC(=O)c1ccn(C)c1C. The molecule has 90 valence electrons. The van der Waals surface area contributed by atoms with Crippen LogP contribution in [0.15, 0.2) is 12.3 Å². The summed E-state index contributed by atoms with van der Waals surface area (Å²) in [5.41, 5.74) is 1.81. The lowest BCUT2D eigenvalue weighted by molar-refractivity contribution is 0.0952. The third-order valence-corrected chi connectivity index (χ3v) is 2.94. The minimum atomic E-state index is 0.0506. The van der Waals surface area contributed by atoms with Gasteiger partial charge < -0.3 is 9.88 Å². The van der Waals surface area contributed by atoms with Gasteiger partial charge in [0.1, 0.15) is 0 Å². The Bertz CT molecular complexity index is 342. The Balaban J connectivity index is 2.33. The fourth-order valence-corrected chi connectivity index (χ4v) is 1.70. The molecule has 0 aliphatic rings. The number of carbonyl (C=O) groups excluding carboxylic acids is 1. The molecule has 0 saturated carbocycles. The number of hydrogen-bond donors (Lipinski definition) is 1. The van der Waals surface area contributed by atoms with Gasteiger partial charge in [0.15, 0.2) is 0 Å². The molecule has 0 atom stereocenters. The van der Waals surface area contributed by atoms with Crippen molar-refractivity contribution in [1.82, 2.24) is 9.88 Å². The number of aromatic nitrogens is 1. The summed E-state index contributed by atoms with van der Waals surface area (Å²) in [5, 5.41) is 2.96. The average Bonchev–Trinajstić information content (AvgIpc) is 2.59. The smallest absolute Gasteiger partial charge is 0.253 e. The Hall–Kier alpha value is -1.25. The van der Waals surface area contributed by atoms with Crippen molar-refractivity contribution < 1.29 is 4.79 Å². The highest BCUT2D eigenvalue weighted by atomic mass is 16.1. The van der Waals surface area contributed by atoms with Crippen molar-refractivity contribution in [3.05, 3.63) is 23.5 Å². The zero-order valence-corrected chi connectivity index (χ0v) is 10.5. The van der Waals surface area contributed by atoms with Gasteiger partial charge in [-0.15, -0.1) is 0 Å². The molecule has 3 nitrogen and oxygen atoms in total. The summed E-state index contributed by atoms with van der Waals surface area (Å²) in [6.45, 7) is 4.94. The molecular formula is C13H22N2O. The number of aryl methyl sites for hydroxylation is 1. The molecule has 0 fully saturated rings. The highest BCUT2D eigenvalue weighted by Gasteiger charge is 2.10. The standard InChI is InChI=1S/C13H22N2O/c1-4-5-6-7-9-14-13(16)12-8-10-15(3)11(12)2/h8,10H,4-7,9H2,1-3H3,(H,14,16). The highest BCUT2D eigenvalue weighted by molar-refractivity contribution is 5.95. The summed E-state index contributed by atoms with van der Waals surface area (Å²) >= 11 is 0. The molecule has 0 aliphatic heterocycles. The van der Waals surface area contributed by atoms with Crippen molar-refractivity contribution in [2.24, 2.45) is 7.05 Å². The third-order valence-electron chi connectivity index (χ3n) is 2.94. The van der Waals surface area contributed by atoms with Crippen LogP contribution in [0.3, 0.4) is 0 Å². The number of nitrogens with one attached hydrogen (secondary N) is 1. The number of carbonyl (C=O) groups is 1. The van der Waals surface area contributed by atoms with Crippen molar-refractivity contribution in [3.63, 3.8) is 0 Å². The van der Waals surface area contributed by atoms with Crippen LogP contribution in [0.2, 0.25) is 0 Å². The van der Waals surface area contributed by atoms with E-state index in [9.17, 15) is 4.79 Å². The first kappa shape index (κ1) is 12.8. The number of nitrogens with zero attached hydrogens (tertiary/aromatic N) is 1. The van der Waals surface area contributed by atoms with Crippen molar-refractivity contribution in [3.8, 4) is 0 Å². The Morgan fingerprint density at radius 3 is 2.69 bits per heavy atom. The summed E-state index contributed by atoms with van der Waals surface area (Å²) in [4.78, 5) is 11.8. The van der Waals surface area contributed by atoms with Gasteiger partial charge in [0, 0.05) is 25.5 Å². The maximum Gasteiger partial charge on any atom is 0.253 e. The molecule has 0 radical (unpaired) electrons. The first-order valence-corrected chi connectivity index (χ1v) is 6.07. The van der Waals surface area contributed by atoms with Crippen molar-refractivity contribution in [1.29, 1.82) is 0 Å². The van der Waals surface area contributed by atoms with Gasteiger partial charge in [-0.2, -0.15) is 0 Å². The highest BCUT2D eigenvalue weighted by Crippen LogP contribution is 2.07. The van der Waals surface area contributed by atoms with E-state index in [1.165, 1.54) is 19.3 Å². The first-order chi connectivity index (χ1) is 7.66. The number of hydrogen-bond acceptors (Lipinski definition) is 1. The lowest BCUT2D eigenvalue weighted by Crippen LogP contribution is -2.24. The molecule has 1 aromatic rings. The molecule has 3 heteroatoms. The molecule has 1 aromatic heterocycles. The van der Waals surface area contributed by atoms with E-state index in [-0.39, 0.29) is 5.91 Å². The van der Waals surface area contributed by atoms with Gasteiger partial charge in [-0.25, -0.2) is 0 Å². The quantitative estimate of drug-likeness (QED) is 0.738. The Morgan fingerprint density at radius 2 is 2.12 bits per heavy atom. The summed E-state index contributed by atoms with van der Waals surface area (Å²) in [7, 11) is 1.95. The molecule has 0 unspecified atom stereocenters. The Kier molecular flexibility index (Phi) is 5.09. The van der Waals surface area contributed by atoms with Crippen LogP contribution in [-0.2, 0) is 7.05 Å². The van der Waals surface area contributed by atoms with Crippen LogP contribution in [0.5, 0.6) is 0 Å². The van der Waals surface area contributed by atoms with Crippen LogP contribution >= 0.6 is 0 Å². The van der Waals surface area contributed by atoms with Gasteiger partial charge in [-0.1, -0.05) is 26.2 Å². The molecule has 16 heavy (non-hydrogen) atoms. The van der Waals surface area contributed by atoms with E-state index in [4.69, 9.17) is 0 Å². The van der Waals surface area contributed by atoms with Crippen LogP contribution in [0.1, 0.15) is 48.7 Å². The van der Waals surface area contributed by atoms with Crippen LogP contribution in [0.25, 0.3) is 0 Å². The van der Waals surface area contributed by atoms with Crippen LogP contribution < -0.4 is 5.32 Å². The second-order valence-electron chi connectivity index (χ2n) is 4.24. The van der Waals surface area contributed by atoms with E-state index < -0.39 is 0 Å². The van der Waals surface area contributed by atoms with Gasteiger partial charge in [-0.05, 0) is 19.4 Å². The second-order valence-corrected chi connectivity index (χ2v) is 4.24. The second kappa shape index (κ2) is 6.36. The predicted molar refractivity (Wildman–Crippen MR) is 66.6 cm³/mol. The lowest BCUT2D eigenvalue weighted by Gasteiger charge is -2.05. The van der Waals surface area contributed by atoms with E-state index in [2.05, 4.69) is 12.2 Å². The molecule has 0 saturated heterocycles. The summed E-state index contributed by atoms with van der Waals surface area (Å²) in [5.74, 6) is 0.0506. The monoisotopic (exact) mass is 222 g/mol. The number of amides is 1. The fraction of sp³-hybridized carbons (Fsp3) is 0.615. The maximum absolute atomic E-state index is 11.8. The Labute approximate surface area is 97.8 Å². The summed E-state index contributed by atoms with van der Waals surface area (Å²) in [6, 6.07) is 1.87. The van der Waals surface area contributed by atoms with E-state index in [1.807, 2.05) is 30.8 Å².